The molecule has 1 unspecified atom stereocenters. The molecule has 2 aliphatic heterocycles. The molecule has 0 aromatic rings. The van der Waals surface area contributed by atoms with Crippen LogP contribution in [0.2, 0.25) is 0 Å². The number of carbonyl (C=O) groups excluding carboxylic acids is 1. The Kier molecular flexibility index (Phi) is 3.56. The van der Waals surface area contributed by atoms with E-state index in [-0.39, 0.29) is 11.6 Å². The van der Waals surface area contributed by atoms with Gasteiger partial charge in [-0.05, 0) is 40.8 Å². The fraction of sp³-hybridized carbons (Fsp3) is 0.923. The molecule has 0 aromatic carbocycles. The van der Waals surface area contributed by atoms with Crippen LogP contribution in [0.1, 0.15) is 27.2 Å². The van der Waals surface area contributed by atoms with E-state index in [1.54, 1.807) is 0 Å². The van der Waals surface area contributed by atoms with Crippen LogP contribution >= 0.6 is 0 Å². The second kappa shape index (κ2) is 4.70. The summed E-state index contributed by atoms with van der Waals surface area (Å²) in [7, 11) is 2.12. The molecule has 0 saturated carbocycles. The van der Waals surface area contributed by atoms with Gasteiger partial charge in [-0.1, -0.05) is 0 Å². The monoisotopic (exact) mass is 255 g/mol. The van der Waals surface area contributed by atoms with E-state index in [4.69, 9.17) is 4.74 Å². The maximum absolute atomic E-state index is 12.3. The van der Waals surface area contributed by atoms with Crippen molar-refractivity contribution in [3.05, 3.63) is 0 Å². The van der Waals surface area contributed by atoms with Gasteiger partial charge in [0.1, 0.15) is 5.60 Å². The summed E-state index contributed by atoms with van der Waals surface area (Å²) < 4.78 is 5.54. The topological polar surface area (TPSA) is 44.8 Å². The van der Waals surface area contributed by atoms with Gasteiger partial charge >= 0.3 is 6.09 Å². The molecule has 0 bridgehead atoms. The first kappa shape index (κ1) is 13.6. The molecule has 2 fully saturated rings. The molecule has 0 radical (unpaired) electrons. The van der Waals surface area contributed by atoms with Gasteiger partial charge in [0.15, 0.2) is 0 Å². The van der Waals surface area contributed by atoms with Gasteiger partial charge < -0.3 is 15.0 Å². The summed E-state index contributed by atoms with van der Waals surface area (Å²) >= 11 is 0. The summed E-state index contributed by atoms with van der Waals surface area (Å²) in [5, 5.41) is 3.37. The van der Waals surface area contributed by atoms with Crippen LogP contribution in [0.3, 0.4) is 0 Å². The van der Waals surface area contributed by atoms with Gasteiger partial charge in [-0.2, -0.15) is 0 Å². The van der Waals surface area contributed by atoms with Crippen LogP contribution in [0.25, 0.3) is 0 Å². The van der Waals surface area contributed by atoms with Crippen LogP contribution in [0, 0.1) is 0 Å². The van der Waals surface area contributed by atoms with Gasteiger partial charge in [0, 0.05) is 26.2 Å². The highest BCUT2D eigenvalue weighted by molar-refractivity contribution is 5.69. The van der Waals surface area contributed by atoms with E-state index >= 15 is 0 Å². The number of nitrogens with zero attached hydrogens (tertiary/aromatic N) is 2. The molecule has 18 heavy (non-hydrogen) atoms. The Hall–Kier alpha value is -0.810. The fourth-order valence-electron chi connectivity index (χ4n) is 2.87. The molecule has 1 atom stereocenters. The van der Waals surface area contributed by atoms with Gasteiger partial charge in [0.05, 0.1) is 5.54 Å². The highest BCUT2D eigenvalue weighted by Crippen LogP contribution is 2.29. The van der Waals surface area contributed by atoms with E-state index in [1.165, 1.54) is 0 Å². The number of carbonyl (C=O) groups is 1. The molecule has 1 spiro atoms. The van der Waals surface area contributed by atoms with Gasteiger partial charge in [0.2, 0.25) is 0 Å². The summed E-state index contributed by atoms with van der Waals surface area (Å²) in [5.74, 6) is 0. The average molecular weight is 255 g/mol. The van der Waals surface area contributed by atoms with Crippen molar-refractivity contribution in [3.8, 4) is 0 Å². The number of rotatable bonds is 0. The number of likely N-dealkylation sites (N-methyl/N-ethyl adjacent to an activating group) is 1. The second-order valence-corrected chi connectivity index (χ2v) is 6.52. The van der Waals surface area contributed by atoms with Gasteiger partial charge in [-0.15, -0.1) is 0 Å². The van der Waals surface area contributed by atoms with Gasteiger partial charge in [0.25, 0.3) is 0 Å². The minimum atomic E-state index is -0.423. The van der Waals surface area contributed by atoms with Crippen molar-refractivity contribution in [1.29, 1.82) is 0 Å². The molecule has 2 rings (SSSR count). The lowest BCUT2D eigenvalue weighted by Gasteiger charge is -2.47. The highest BCUT2D eigenvalue weighted by atomic mass is 16.6. The van der Waals surface area contributed by atoms with E-state index in [0.29, 0.717) is 0 Å². The maximum Gasteiger partial charge on any atom is 0.410 e. The van der Waals surface area contributed by atoms with E-state index < -0.39 is 5.60 Å². The first-order valence-electron chi connectivity index (χ1n) is 6.72. The van der Waals surface area contributed by atoms with Crippen molar-refractivity contribution in [2.24, 2.45) is 0 Å². The standard InChI is InChI=1S/C13H25N3O2/c1-12(2,3)18-11(17)16-8-7-15(4)10-13(16)5-6-14-9-13/h14H,5-10H2,1-4H3. The van der Waals surface area contributed by atoms with Crippen molar-refractivity contribution < 1.29 is 9.53 Å². The fourth-order valence-corrected chi connectivity index (χ4v) is 2.87. The van der Waals surface area contributed by atoms with Crippen molar-refractivity contribution in [2.75, 3.05) is 39.8 Å². The predicted octanol–water partition coefficient (Wildman–Crippen LogP) is 0.901. The minimum absolute atomic E-state index is 0.0741. The third kappa shape index (κ3) is 2.78. The second-order valence-electron chi connectivity index (χ2n) is 6.52. The van der Waals surface area contributed by atoms with Crippen LogP contribution in [0.15, 0.2) is 0 Å². The minimum Gasteiger partial charge on any atom is -0.444 e. The van der Waals surface area contributed by atoms with E-state index in [1.807, 2.05) is 25.7 Å². The normalized spacial score (nSPS) is 29.9. The Morgan fingerprint density at radius 1 is 1.33 bits per heavy atom. The molecule has 0 aliphatic carbocycles. The number of nitrogens with one attached hydrogen (secondary N) is 1. The van der Waals surface area contributed by atoms with Crippen molar-refractivity contribution in [1.82, 2.24) is 15.1 Å². The van der Waals surface area contributed by atoms with Crippen LogP contribution in [-0.2, 0) is 4.74 Å². The summed E-state index contributed by atoms with van der Waals surface area (Å²) in [5.41, 5.74) is -0.497. The van der Waals surface area contributed by atoms with E-state index in [9.17, 15) is 4.79 Å². The Balaban J connectivity index is 2.12. The number of piperazine rings is 1. The molecule has 2 heterocycles. The first-order chi connectivity index (χ1) is 8.32. The zero-order valence-corrected chi connectivity index (χ0v) is 12.0. The Morgan fingerprint density at radius 2 is 2.06 bits per heavy atom. The lowest BCUT2D eigenvalue weighted by Crippen LogP contribution is -2.64. The Bertz CT molecular complexity index is 319. The Labute approximate surface area is 109 Å². The lowest BCUT2D eigenvalue weighted by molar-refractivity contribution is -0.0239. The molecule has 104 valence electrons. The summed E-state index contributed by atoms with van der Waals surface area (Å²) in [6, 6.07) is 0. The molecule has 1 N–H and O–H groups in total. The zero-order chi connectivity index (χ0) is 13.4. The van der Waals surface area contributed by atoms with E-state index in [0.717, 1.165) is 39.1 Å². The number of hydrogen-bond acceptors (Lipinski definition) is 4. The molecule has 2 aliphatic rings. The van der Waals surface area contributed by atoms with Crippen molar-refractivity contribution >= 4 is 6.09 Å². The number of ether oxygens (including phenoxy) is 1. The van der Waals surface area contributed by atoms with Crippen molar-refractivity contribution in [3.63, 3.8) is 0 Å². The molecule has 1 amide bonds. The quantitative estimate of drug-likeness (QED) is 0.698. The molecular weight excluding hydrogens is 230 g/mol. The largest absolute Gasteiger partial charge is 0.444 e. The summed E-state index contributed by atoms with van der Waals surface area (Å²) in [4.78, 5) is 16.6. The average Bonchev–Trinajstić information content (AvgIpc) is 2.63. The molecule has 2 saturated heterocycles. The summed E-state index contributed by atoms with van der Waals surface area (Å²) in [6.45, 7) is 10.2. The van der Waals surface area contributed by atoms with Crippen molar-refractivity contribution in [2.45, 2.75) is 38.3 Å². The van der Waals surface area contributed by atoms with Crippen LogP contribution in [0.5, 0.6) is 0 Å². The van der Waals surface area contributed by atoms with Crippen LogP contribution in [-0.4, -0.2) is 66.8 Å². The summed E-state index contributed by atoms with van der Waals surface area (Å²) in [6.07, 6.45) is 0.843. The third-order valence-corrected chi connectivity index (χ3v) is 3.68. The molecule has 0 aromatic heterocycles. The SMILES string of the molecule is CN1CCN(C(=O)OC(C)(C)C)C2(CCNC2)C1. The predicted molar refractivity (Wildman–Crippen MR) is 70.7 cm³/mol. The molecular formula is C13H25N3O2. The van der Waals surface area contributed by atoms with Gasteiger partial charge in [-0.25, -0.2) is 4.79 Å². The zero-order valence-electron chi connectivity index (χ0n) is 12.0. The lowest BCUT2D eigenvalue weighted by atomic mass is 9.93. The van der Waals surface area contributed by atoms with Crippen LogP contribution < -0.4 is 5.32 Å². The molecule has 5 heteroatoms. The molecule has 5 nitrogen and oxygen atoms in total. The Morgan fingerprint density at radius 3 is 2.61 bits per heavy atom. The first-order valence-corrected chi connectivity index (χ1v) is 6.72. The van der Waals surface area contributed by atoms with Crippen LogP contribution in [0.4, 0.5) is 4.79 Å². The maximum atomic E-state index is 12.3. The highest BCUT2D eigenvalue weighted by Gasteiger charge is 2.46. The number of hydrogen-bond donors (Lipinski definition) is 1. The smallest absolute Gasteiger partial charge is 0.410 e. The van der Waals surface area contributed by atoms with E-state index in [2.05, 4.69) is 17.3 Å². The third-order valence-electron chi connectivity index (χ3n) is 3.68. The number of amides is 1. The van der Waals surface area contributed by atoms with Gasteiger partial charge in [-0.3, -0.25) is 4.90 Å².